The highest BCUT2D eigenvalue weighted by Gasteiger charge is 2.14. The number of aryl methyl sites for hydroxylation is 1. The fourth-order valence-electron chi connectivity index (χ4n) is 1.74. The number of nitrogens with two attached hydrogens (primary N) is 2. The fraction of sp³-hybridized carbons (Fsp3) is 0.0833. The molecular weight excluding hydrogens is 250 g/mol. The second-order valence-electron chi connectivity index (χ2n) is 3.73. The Morgan fingerprint density at radius 1 is 1.28 bits per heavy atom. The van der Waals surface area contributed by atoms with Crippen molar-refractivity contribution in [3.63, 3.8) is 0 Å². The van der Waals surface area contributed by atoms with E-state index in [0.29, 0.717) is 27.4 Å². The quantitative estimate of drug-likeness (QED) is 0.817. The molecule has 0 spiro atoms. The Kier molecular flexibility index (Phi) is 3.04. The smallest absolute Gasteiger partial charge is 0.222 e. The summed E-state index contributed by atoms with van der Waals surface area (Å²) in [5.74, 6) is 0.360. The van der Waals surface area contributed by atoms with Crippen molar-refractivity contribution in [1.29, 1.82) is 5.26 Å². The summed E-state index contributed by atoms with van der Waals surface area (Å²) >= 11 is 6.12. The number of nitrogens with zero attached hydrogens (tertiary/aromatic N) is 3. The monoisotopic (exact) mass is 259 g/mol. The van der Waals surface area contributed by atoms with Gasteiger partial charge in [0.2, 0.25) is 5.95 Å². The summed E-state index contributed by atoms with van der Waals surface area (Å²) in [6.45, 7) is 1.76. The van der Waals surface area contributed by atoms with E-state index in [1.165, 1.54) is 0 Å². The van der Waals surface area contributed by atoms with Gasteiger partial charge >= 0.3 is 0 Å². The number of rotatable bonds is 1. The highest BCUT2D eigenvalue weighted by molar-refractivity contribution is 6.33. The lowest BCUT2D eigenvalue weighted by molar-refractivity contribution is 1.13. The molecular formula is C12H10ClN5. The SMILES string of the molecule is Cc1nc(N)nc(N)c1-c1cc(C#N)ccc1Cl. The van der Waals surface area contributed by atoms with Crippen molar-refractivity contribution in [1.82, 2.24) is 9.97 Å². The molecule has 4 N–H and O–H groups in total. The van der Waals surface area contributed by atoms with Gasteiger partial charge in [-0.15, -0.1) is 0 Å². The number of hydrogen-bond acceptors (Lipinski definition) is 5. The van der Waals surface area contributed by atoms with Crippen molar-refractivity contribution in [2.45, 2.75) is 6.92 Å². The Morgan fingerprint density at radius 2 is 2.00 bits per heavy atom. The molecule has 90 valence electrons. The maximum atomic E-state index is 8.91. The fourth-order valence-corrected chi connectivity index (χ4v) is 1.95. The van der Waals surface area contributed by atoms with Gasteiger partial charge in [0.1, 0.15) is 5.82 Å². The maximum absolute atomic E-state index is 8.91. The Morgan fingerprint density at radius 3 is 2.61 bits per heavy atom. The number of nitriles is 1. The van der Waals surface area contributed by atoms with Crippen LogP contribution in [0.1, 0.15) is 11.3 Å². The van der Waals surface area contributed by atoms with E-state index in [1.807, 2.05) is 6.07 Å². The molecule has 0 saturated heterocycles. The Hall–Kier alpha value is -2.32. The van der Waals surface area contributed by atoms with Gasteiger partial charge < -0.3 is 11.5 Å². The Labute approximate surface area is 109 Å². The molecule has 0 radical (unpaired) electrons. The van der Waals surface area contributed by atoms with E-state index in [4.69, 9.17) is 28.3 Å². The molecule has 0 amide bonds. The Bertz CT molecular complexity index is 637. The standard InChI is InChI=1S/C12H10ClN5/c1-6-10(11(15)18-12(16)17-6)8-4-7(5-14)2-3-9(8)13/h2-4H,1H3,(H4,15,16,17,18). The lowest BCUT2D eigenvalue weighted by atomic mass is 10.0. The molecule has 2 aromatic rings. The van der Waals surface area contributed by atoms with Crippen molar-refractivity contribution < 1.29 is 0 Å². The highest BCUT2D eigenvalue weighted by atomic mass is 35.5. The minimum Gasteiger partial charge on any atom is -0.383 e. The molecule has 6 heteroatoms. The summed E-state index contributed by atoms with van der Waals surface area (Å²) in [5, 5.41) is 9.39. The van der Waals surface area contributed by atoms with Gasteiger partial charge in [0.25, 0.3) is 0 Å². The normalized spacial score (nSPS) is 10.1. The van der Waals surface area contributed by atoms with E-state index in [-0.39, 0.29) is 11.8 Å². The lowest BCUT2D eigenvalue weighted by Crippen LogP contribution is -2.04. The van der Waals surface area contributed by atoms with Crippen LogP contribution in [0.15, 0.2) is 18.2 Å². The van der Waals surface area contributed by atoms with E-state index in [9.17, 15) is 0 Å². The van der Waals surface area contributed by atoms with Crippen molar-refractivity contribution in [3.8, 4) is 17.2 Å². The molecule has 0 fully saturated rings. The minimum absolute atomic E-state index is 0.112. The predicted octanol–water partition coefficient (Wildman–Crippen LogP) is 2.14. The van der Waals surface area contributed by atoms with Gasteiger partial charge in [0.05, 0.1) is 17.3 Å². The molecule has 0 aliphatic rings. The molecule has 0 aliphatic heterocycles. The summed E-state index contributed by atoms with van der Waals surface area (Å²) in [4.78, 5) is 7.96. The summed E-state index contributed by atoms with van der Waals surface area (Å²) < 4.78 is 0. The zero-order valence-corrected chi connectivity index (χ0v) is 10.4. The van der Waals surface area contributed by atoms with E-state index in [0.717, 1.165) is 0 Å². The van der Waals surface area contributed by atoms with Gasteiger partial charge in [-0.2, -0.15) is 10.2 Å². The molecule has 1 aromatic heterocycles. The lowest BCUT2D eigenvalue weighted by Gasteiger charge is -2.10. The van der Waals surface area contributed by atoms with Gasteiger partial charge in [-0.05, 0) is 25.1 Å². The maximum Gasteiger partial charge on any atom is 0.222 e. The van der Waals surface area contributed by atoms with E-state index < -0.39 is 0 Å². The van der Waals surface area contributed by atoms with Crippen LogP contribution >= 0.6 is 11.6 Å². The summed E-state index contributed by atoms with van der Waals surface area (Å²) in [6, 6.07) is 6.98. The first-order chi connectivity index (χ1) is 8.52. The van der Waals surface area contributed by atoms with Crippen LogP contribution in [0.3, 0.4) is 0 Å². The van der Waals surface area contributed by atoms with Crippen LogP contribution in [-0.2, 0) is 0 Å². The van der Waals surface area contributed by atoms with Crippen LogP contribution in [0.5, 0.6) is 0 Å². The zero-order chi connectivity index (χ0) is 13.3. The second kappa shape index (κ2) is 4.51. The number of aromatic nitrogens is 2. The van der Waals surface area contributed by atoms with Gasteiger partial charge in [0.15, 0.2) is 0 Å². The molecule has 1 heterocycles. The average molecular weight is 260 g/mol. The van der Waals surface area contributed by atoms with Crippen LogP contribution in [0.2, 0.25) is 5.02 Å². The summed E-state index contributed by atoms with van der Waals surface area (Å²) in [5.41, 5.74) is 13.7. The molecule has 5 nitrogen and oxygen atoms in total. The van der Waals surface area contributed by atoms with Crippen molar-refractivity contribution in [3.05, 3.63) is 34.5 Å². The van der Waals surface area contributed by atoms with Gasteiger partial charge in [-0.25, -0.2) is 4.98 Å². The van der Waals surface area contributed by atoms with Crippen molar-refractivity contribution >= 4 is 23.4 Å². The highest BCUT2D eigenvalue weighted by Crippen LogP contribution is 2.34. The van der Waals surface area contributed by atoms with Crippen LogP contribution in [-0.4, -0.2) is 9.97 Å². The van der Waals surface area contributed by atoms with Crippen LogP contribution < -0.4 is 11.5 Å². The number of anilines is 2. The molecule has 1 aromatic carbocycles. The predicted molar refractivity (Wildman–Crippen MR) is 70.8 cm³/mol. The molecule has 0 saturated carbocycles. The third kappa shape index (κ3) is 2.06. The van der Waals surface area contributed by atoms with E-state index in [2.05, 4.69) is 9.97 Å². The van der Waals surface area contributed by atoms with Crippen LogP contribution in [0, 0.1) is 18.3 Å². The first-order valence-corrected chi connectivity index (χ1v) is 5.50. The second-order valence-corrected chi connectivity index (χ2v) is 4.14. The molecule has 0 aliphatic carbocycles. The summed E-state index contributed by atoms with van der Waals surface area (Å²) in [6.07, 6.45) is 0. The topological polar surface area (TPSA) is 102 Å². The average Bonchev–Trinajstić information content (AvgIpc) is 2.30. The van der Waals surface area contributed by atoms with Crippen LogP contribution in [0.4, 0.5) is 11.8 Å². The first-order valence-electron chi connectivity index (χ1n) is 5.12. The number of halogens is 1. The minimum atomic E-state index is 0.112. The third-order valence-corrected chi connectivity index (χ3v) is 2.83. The van der Waals surface area contributed by atoms with Gasteiger partial charge in [-0.1, -0.05) is 11.6 Å². The van der Waals surface area contributed by atoms with Gasteiger partial charge in [0, 0.05) is 16.1 Å². The molecule has 0 unspecified atom stereocenters. The Balaban J connectivity index is 2.73. The number of hydrogen-bond donors (Lipinski definition) is 2. The largest absolute Gasteiger partial charge is 0.383 e. The molecule has 18 heavy (non-hydrogen) atoms. The van der Waals surface area contributed by atoms with E-state index >= 15 is 0 Å². The van der Waals surface area contributed by atoms with Gasteiger partial charge in [-0.3, -0.25) is 0 Å². The molecule has 0 atom stereocenters. The summed E-state index contributed by atoms with van der Waals surface area (Å²) in [7, 11) is 0. The first kappa shape index (κ1) is 12.1. The molecule has 2 rings (SSSR count). The van der Waals surface area contributed by atoms with E-state index in [1.54, 1.807) is 25.1 Å². The molecule has 0 bridgehead atoms. The zero-order valence-electron chi connectivity index (χ0n) is 9.61. The van der Waals surface area contributed by atoms with Crippen molar-refractivity contribution in [2.75, 3.05) is 11.5 Å². The van der Waals surface area contributed by atoms with Crippen molar-refractivity contribution in [2.24, 2.45) is 0 Å². The number of nitrogen functional groups attached to an aromatic ring is 2. The number of benzene rings is 1. The third-order valence-electron chi connectivity index (χ3n) is 2.50. The van der Waals surface area contributed by atoms with Crippen LogP contribution in [0.25, 0.3) is 11.1 Å².